The first-order chi connectivity index (χ1) is 8.68. The Morgan fingerprint density at radius 3 is 2.72 bits per heavy atom. The molecule has 1 aliphatic carbocycles. The van der Waals surface area contributed by atoms with E-state index < -0.39 is 0 Å². The molecule has 0 aromatic heterocycles. The molecule has 2 nitrogen and oxygen atoms in total. The van der Waals surface area contributed by atoms with Gasteiger partial charge < -0.3 is 0 Å². The molecule has 0 amide bonds. The Morgan fingerprint density at radius 2 is 2.00 bits per heavy atom. The topological polar surface area (TPSA) is 34.1 Å². The van der Waals surface area contributed by atoms with E-state index in [2.05, 4.69) is 12.2 Å². The fraction of sp³-hybridized carbons (Fsp3) is 0.375. The first kappa shape index (κ1) is 12.7. The molecule has 1 aromatic rings. The summed E-state index contributed by atoms with van der Waals surface area (Å²) >= 11 is 0. The molecule has 1 aliphatic rings. The second-order valence-corrected chi connectivity index (χ2v) is 4.78. The molecule has 0 N–H and O–H groups in total. The van der Waals surface area contributed by atoms with E-state index in [-0.39, 0.29) is 23.4 Å². The summed E-state index contributed by atoms with van der Waals surface area (Å²) in [4.78, 5) is 23.9. The van der Waals surface area contributed by atoms with Crippen LogP contribution in [0.15, 0.2) is 30.3 Å². The van der Waals surface area contributed by atoms with Crippen LogP contribution in [0.25, 0.3) is 0 Å². The molecule has 0 saturated carbocycles. The second kappa shape index (κ2) is 5.76. The molecule has 2 atom stereocenters. The average Bonchev–Trinajstić information content (AvgIpc) is 2.37. The van der Waals surface area contributed by atoms with Crippen molar-refractivity contribution in [3.05, 3.63) is 48.0 Å². The Bertz CT molecular complexity index is 459. The summed E-state index contributed by atoms with van der Waals surface area (Å²) in [5, 5.41) is 0. The molecule has 0 unspecified atom stereocenters. The predicted molar refractivity (Wildman–Crippen MR) is 68.8 cm³/mol. The third-order valence-electron chi connectivity index (χ3n) is 3.40. The minimum Gasteiger partial charge on any atom is -0.294 e. The molecule has 0 heterocycles. The molecule has 92 valence electrons. The van der Waals surface area contributed by atoms with Gasteiger partial charge >= 0.3 is 0 Å². The minimum absolute atomic E-state index is 0.0481. The lowest BCUT2D eigenvalue weighted by Crippen LogP contribution is -2.25. The lowest BCUT2D eigenvalue weighted by molar-refractivity contribution is -0.116. The zero-order chi connectivity index (χ0) is 13.0. The van der Waals surface area contributed by atoms with E-state index in [4.69, 9.17) is 0 Å². The standard InChI is InChI=1S/C16H16O2/c1-12-11-14(17)9-5-6-10-15(12)16(18)13-7-3-2-4-8-13/h2-4,7-8,12,15H,6,10-11H2,1H3/t12-,15+/m1/s1. The van der Waals surface area contributed by atoms with Crippen LogP contribution in [-0.4, -0.2) is 11.6 Å². The number of Topliss-reactive ketones (excluding diaryl/α,β-unsaturated/α-hetero) is 2. The number of rotatable bonds is 2. The zero-order valence-electron chi connectivity index (χ0n) is 10.5. The average molecular weight is 240 g/mol. The maximum atomic E-state index is 12.4. The molecule has 2 heteroatoms. The van der Waals surface area contributed by atoms with E-state index >= 15 is 0 Å². The number of benzene rings is 1. The molecule has 18 heavy (non-hydrogen) atoms. The van der Waals surface area contributed by atoms with Gasteiger partial charge in [0.05, 0.1) is 0 Å². The third kappa shape index (κ3) is 2.95. The van der Waals surface area contributed by atoms with E-state index in [9.17, 15) is 9.59 Å². The van der Waals surface area contributed by atoms with Crippen molar-refractivity contribution in [3.63, 3.8) is 0 Å². The van der Waals surface area contributed by atoms with Crippen LogP contribution >= 0.6 is 0 Å². The number of carbonyl (C=O) groups is 2. The highest BCUT2D eigenvalue weighted by atomic mass is 16.1. The second-order valence-electron chi connectivity index (χ2n) is 4.78. The number of allylic oxidation sites excluding steroid dienone is 2. The van der Waals surface area contributed by atoms with Gasteiger partial charge in [-0.15, -0.1) is 0 Å². The fourth-order valence-corrected chi connectivity index (χ4v) is 2.36. The van der Waals surface area contributed by atoms with Gasteiger partial charge in [-0.2, -0.15) is 0 Å². The SMILES string of the molecule is C[C@@H]1CC(=O)[C]=[C]CC[C@@H]1C(=O)c1ccccc1. The minimum atomic E-state index is -0.0917. The Labute approximate surface area is 108 Å². The van der Waals surface area contributed by atoms with Crippen molar-refractivity contribution in [2.75, 3.05) is 0 Å². The largest absolute Gasteiger partial charge is 0.294 e. The summed E-state index contributed by atoms with van der Waals surface area (Å²) in [6.07, 6.45) is 7.21. The van der Waals surface area contributed by atoms with Gasteiger partial charge in [-0.05, 0) is 24.8 Å². The quantitative estimate of drug-likeness (QED) is 0.745. The smallest absolute Gasteiger partial charge is 0.166 e. The zero-order valence-corrected chi connectivity index (χ0v) is 10.5. The Hall–Kier alpha value is -1.70. The molecule has 2 rings (SSSR count). The van der Waals surface area contributed by atoms with Gasteiger partial charge in [0.15, 0.2) is 11.6 Å². The van der Waals surface area contributed by atoms with Crippen LogP contribution in [0.3, 0.4) is 0 Å². The van der Waals surface area contributed by atoms with Gasteiger partial charge in [0.1, 0.15) is 0 Å². The fourth-order valence-electron chi connectivity index (χ4n) is 2.36. The normalized spacial score (nSPS) is 24.4. The predicted octanol–water partition coefficient (Wildman–Crippen LogP) is 3.04. The van der Waals surface area contributed by atoms with E-state index in [1.807, 2.05) is 37.3 Å². The summed E-state index contributed by atoms with van der Waals surface area (Å²) in [6.45, 7) is 1.97. The Kier molecular flexibility index (Phi) is 4.08. The molecule has 0 spiro atoms. The number of carbonyl (C=O) groups excluding carboxylic acids is 2. The van der Waals surface area contributed by atoms with E-state index in [1.165, 1.54) is 0 Å². The van der Waals surface area contributed by atoms with Crippen LogP contribution in [0.5, 0.6) is 0 Å². The number of ketones is 2. The first-order valence-electron chi connectivity index (χ1n) is 6.29. The van der Waals surface area contributed by atoms with Crippen molar-refractivity contribution in [1.82, 2.24) is 0 Å². The van der Waals surface area contributed by atoms with Crippen molar-refractivity contribution in [1.29, 1.82) is 0 Å². The van der Waals surface area contributed by atoms with E-state index in [1.54, 1.807) is 0 Å². The van der Waals surface area contributed by atoms with Crippen LogP contribution in [0.2, 0.25) is 0 Å². The maximum absolute atomic E-state index is 12.4. The van der Waals surface area contributed by atoms with Crippen molar-refractivity contribution >= 4 is 11.6 Å². The lowest BCUT2D eigenvalue weighted by atomic mass is 9.80. The summed E-state index contributed by atoms with van der Waals surface area (Å²) < 4.78 is 0. The van der Waals surface area contributed by atoms with Crippen molar-refractivity contribution in [2.45, 2.75) is 26.2 Å². The molecular weight excluding hydrogens is 224 g/mol. The van der Waals surface area contributed by atoms with Crippen LogP contribution in [0.4, 0.5) is 0 Å². The summed E-state index contributed by atoms with van der Waals surface area (Å²) in [7, 11) is 0. The van der Waals surface area contributed by atoms with Crippen LogP contribution in [0, 0.1) is 24.0 Å². The van der Waals surface area contributed by atoms with Crippen LogP contribution < -0.4 is 0 Å². The van der Waals surface area contributed by atoms with Crippen LogP contribution in [0.1, 0.15) is 36.5 Å². The molecule has 0 fully saturated rings. The number of hydrogen-bond acceptors (Lipinski definition) is 2. The van der Waals surface area contributed by atoms with Crippen molar-refractivity contribution in [2.24, 2.45) is 11.8 Å². The van der Waals surface area contributed by atoms with Crippen LogP contribution in [-0.2, 0) is 4.79 Å². The van der Waals surface area contributed by atoms with E-state index in [0.29, 0.717) is 12.8 Å². The lowest BCUT2D eigenvalue weighted by Gasteiger charge is -2.22. The molecule has 1 aromatic carbocycles. The summed E-state index contributed by atoms with van der Waals surface area (Å²) in [6, 6.07) is 9.30. The number of hydrogen-bond donors (Lipinski definition) is 0. The van der Waals surface area contributed by atoms with Gasteiger partial charge in [0.25, 0.3) is 0 Å². The summed E-state index contributed by atoms with van der Waals surface area (Å²) in [5.74, 6) is 0.0680. The molecule has 0 aliphatic heterocycles. The monoisotopic (exact) mass is 240 g/mol. The van der Waals surface area contributed by atoms with Gasteiger partial charge in [-0.3, -0.25) is 9.59 Å². The molecule has 0 bridgehead atoms. The van der Waals surface area contributed by atoms with Crippen molar-refractivity contribution < 1.29 is 9.59 Å². The van der Waals surface area contributed by atoms with Gasteiger partial charge in [0, 0.05) is 24.0 Å². The van der Waals surface area contributed by atoms with E-state index in [0.717, 1.165) is 12.0 Å². The Morgan fingerprint density at radius 1 is 1.28 bits per heavy atom. The molecular formula is C16H16O2. The highest BCUT2D eigenvalue weighted by molar-refractivity contribution is 5.98. The van der Waals surface area contributed by atoms with Gasteiger partial charge in [0.2, 0.25) is 0 Å². The molecule has 2 radical (unpaired) electrons. The maximum Gasteiger partial charge on any atom is 0.166 e. The molecule has 0 saturated heterocycles. The van der Waals surface area contributed by atoms with Crippen molar-refractivity contribution in [3.8, 4) is 0 Å². The Balaban J connectivity index is 2.18. The first-order valence-corrected chi connectivity index (χ1v) is 6.29. The van der Waals surface area contributed by atoms with Gasteiger partial charge in [-0.1, -0.05) is 37.3 Å². The van der Waals surface area contributed by atoms with Gasteiger partial charge in [-0.25, -0.2) is 0 Å². The highest BCUT2D eigenvalue weighted by Gasteiger charge is 2.27. The third-order valence-corrected chi connectivity index (χ3v) is 3.40. The highest BCUT2D eigenvalue weighted by Crippen LogP contribution is 2.26. The summed E-state index contributed by atoms with van der Waals surface area (Å²) in [5.41, 5.74) is 0.732.